The Kier molecular flexibility index (Phi) is 6.19. The van der Waals surface area contributed by atoms with Crippen LogP contribution in [0.5, 0.6) is 0 Å². The molecule has 1 N–H and O–H groups in total. The highest BCUT2D eigenvalue weighted by Gasteiger charge is 2.15. The van der Waals surface area contributed by atoms with Gasteiger partial charge in [0.15, 0.2) is 0 Å². The number of halogens is 1. The summed E-state index contributed by atoms with van der Waals surface area (Å²) in [6, 6.07) is 8.87. The van der Waals surface area contributed by atoms with Gasteiger partial charge in [0.25, 0.3) is 0 Å². The van der Waals surface area contributed by atoms with Crippen LogP contribution >= 0.6 is 11.6 Å². The summed E-state index contributed by atoms with van der Waals surface area (Å²) in [5, 5.41) is 4.30. The van der Waals surface area contributed by atoms with Crippen molar-refractivity contribution >= 4 is 11.6 Å². The molecule has 1 aromatic rings. The highest BCUT2D eigenvalue weighted by molar-refractivity contribution is 6.30. The Morgan fingerprint density at radius 2 is 1.84 bits per heavy atom. The minimum absolute atomic E-state index is 0.600. The predicted molar refractivity (Wildman–Crippen MR) is 83.8 cm³/mol. The van der Waals surface area contributed by atoms with Crippen molar-refractivity contribution in [1.29, 1.82) is 0 Å². The van der Waals surface area contributed by atoms with Gasteiger partial charge in [0.05, 0.1) is 0 Å². The zero-order chi connectivity index (χ0) is 13.5. The summed E-state index contributed by atoms with van der Waals surface area (Å²) in [4.78, 5) is 0. The van der Waals surface area contributed by atoms with Gasteiger partial charge in [-0.05, 0) is 49.9 Å². The average molecular weight is 280 g/mol. The van der Waals surface area contributed by atoms with Crippen molar-refractivity contribution in [1.82, 2.24) is 5.32 Å². The summed E-state index contributed by atoms with van der Waals surface area (Å²) in [5.41, 5.74) is 1.38. The fourth-order valence-electron chi connectivity index (χ4n) is 3.17. The standard InChI is InChI=1S/C17H26ClN/c1-19-17(12-9-14-5-3-2-4-6-14)13-15-7-10-16(18)11-8-15/h7-8,10-11,14,17,19H,2-6,9,12-13H2,1H3. The maximum absolute atomic E-state index is 5.93. The van der Waals surface area contributed by atoms with Crippen LogP contribution in [0.2, 0.25) is 5.02 Å². The smallest absolute Gasteiger partial charge is 0.0406 e. The van der Waals surface area contributed by atoms with Gasteiger partial charge < -0.3 is 5.32 Å². The minimum atomic E-state index is 0.600. The third-order valence-electron chi connectivity index (χ3n) is 4.45. The van der Waals surface area contributed by atoms with Crippen LogP contribution in [0.3, 0.4) is 0 Å². The van der Waals surface area contributed by atoms with Crippen LogP contribution in [0.25, 0.3) is 0 Å². The maximum Gasteiger partial charge on any atom is 0.0406 e. The van der Waals surface area contributed by atoms with Crippen LogP contribution in [-0.4, -0.2) is 13.1 Å². The summed E-state index contributed by atoms with van der Waals surface area (Å²) in [5.74, 6) is 0.981. The lowest BCUT2D eigenvalue weighted by molar-refractivity contribution is 0.316. The van der Waals surface area contributed by atoms with Crippen molar-refractivity contribution in [3.8, 4) is 0 Å². The molecular weight excluding hydrogens is 254 g/mol. The fraction of sp³-hybridized carbons (Fsp3) is 0.647. The molecule has 106 valence electrons. The summed E-state index contributed by atoms with van der Waals surface area (Å²) in [6.07, 6.45) is 11.1. The number of benzene rings is 1. The Hall–Kier alpha value is -0.530. The Bertz CT molecular complexity index is 354. The zero-order valence-electron chi connectivity index (χ0n) is 12.0. The van der Waals surface area contributed by atoms with Gasteiger partial charge in [0, 0.05) is 11.1 Å². The molecule has 2 heteroatoms. The molecule has 19 heavy (non-hydrogen) atoms. The summed E-state index contributed by atoms with van der Waals surface area (Å²) >= 11 is 5.93. The highest BCUT2D eigenvalue weighted by Crippen LogP contribution is 2.28. The lowest BCUT2D eigenvalue weighted by Crippen LogP contribution is -2.28. The summed E-state index contributed by atoms with van der Waals surface area (Å²) < 4.78 is 0. The van der Waals surface area contributed by atoms with Crippen molar-refractivity contribution in [3.63, 3.8) is 0 Å². The van der Waals surface area contributed by atoms with Crippen molar-refractivity contribution in [2.45, 2.75) is 57.4 Å². The molecule has 1 fully saturated rings. The molecule has 1 aliphatic rings. The second-order valence-corrected chi connectivity index (χ2v) is 6.33. The van der Waals surface area contributed by atoms with Crippen LogP contribution < -0.4 is 5.32 Å². The summed E-state index contributed by atoms with van der Waals surface area (Å²) in [7, 11) is 2.08. The van der Waals surface area contributed by atoms with Crippen molar-refractivity contribution in [3.05, 3.63) is 34.9 Å². The normalized spacial score (nSPS) is 18.4. The topological polar surface area (TPSA) is 12.0 Å². The van der Waals surface area contributed by atoms with E-state index in [1.54, 1.807) is 0 Å². The van der Waals surface area contributed by atoms with Gasteiger partial charge in [-0.25, -0.2) is 0 Å². The van der Waals surface area contributed by atoms with Gasteiger partial charge in [0.1, 0.15) is 0 Å². The largest absolute Gasteiger partial charge is 0.317 e. The quantitative estimate of drug-likeness (QED) is 0.786. The van der Waals surface area contributed by atoms with E-state index in [1.165, 1.54) is 50.5 Å². The lowest BCUT2D eigenvalue weighted by Gasteiger charge is -2.24. The van der Waals surface area contributed by atoms with E-state index < -0.39 is 0 Å². The SMILES string of the molecule is CNC(CCC1CCCCC1)Cc1ccc(Cl)cc1. The highest BCUT2D eigenvalue weighted by atomic mass is 35.5. The fourth-order valence-corrected chi connectivity index (χ4v) is 3.29. The molecular formula is C17H26ClN. The first kappa shape index (κ1) is 14.9. The van der Waals surface area contributed by atoms with E-state index in [1.807, 2.05) is 12.1 Å². The van der Waals surface area contributed by atoms with Gasteiger partial charge in [0.2, 0.25) is 0 Å². The Morgan fingerprint density at radius 1 is 1.16 bits per heavy atom. The first-order valence-corrected chi connectivity index (χ1v) is 8.07. The summed E-state index contributed by atoms with van der Waals surface area (Å²) in [6.45, 7) is 0. The number of nitrogens with one attached hydrogen (secondary N) is 1. The second kappa shape index (κ2) is 7.91. The molecule has 1 atom stereocenters. The van der Waals surface area contributed by atoms with E-state index in [0.29, 0.717) is 6.04 Å². The molecule has 0 radical (unpaired) electrons. The molecule has 1 aliphatic carbocycles. The average Bonchev–Trinajstić information content (AvgIpc) is 2.46. The molecule has 1 saturated carbocycles. The van der Waals surface area contributed by atoms with Crippen LogP contribution in [0, 0.1) is 5.92 Å². The third kappa shape index (κ3) is 5.16. The first-order chi connectivity index (χ1) is 9.28. The first-order valence-electron chi connectivity index (χ1n) is 7.69. The molecule has 0 heterocycles. The number of hydrogen-bond acceptors (Lipinski definition) is 1. The van der Waals surface area contributed by atoms with Gasteiger partial charge in [-0.2, -0.15) is 0 Å². The van der Waals surface area contributed by atoms with Crippen molar-refractivity contribution in [2.75, 3.05) is 7.05 Å². The number of rotatable bonds is 6. The van der Waals surface area contributed by atoms with Gasteiger partial charge in [-0.15, -0.1) is 0 Å². The predicted octanol–water partition coefficient (Wildman–Crippen LogP) is 4.83. The third-order valence-corrected chi connectivity index (χ3v) is 4.70. The van der Waals surface area contributed by atoms with E-state index in [-0.39, 0.29) is 0 Å². The Labute approximate surface area is 122 Å². The monoisotopic (exact) mass is 279 g/mol. The van der Waals surface area contributed by atoms with Gasteiger partial charge in [-0.1, -0.05) is 55.8 Å². The van der Waals surface area contributed by atoms with E-state index >= 15 is 0 Å². The van der Waals surface area contributed by atoms with E-state index in [4.69, 9.17) is 11.6 Å². The lowest BCUT2D eigenvalue weighted by atomic mass is 9.84. The van der Waals surface area contributed by atoms with E-state index in [2.05, 4.69) is 24.5 Å². The molecule has 2 rings (SSSR count). The van der Waals surface area contributed by atoms with Crippen LogP contribution in [0.4, 0.5) is 0 Å². The minimum Gasteiger partial charge on any atom is -0.317 e. The molecule has 0 aliphatic heterocycles. The molecule has 1 aromatic carbocycles. The number of hydrogen-bond donors (Lipinski definition) is 1. The van der Waals surface area contributed by atoms with Crippen LogP contribution in [0.15, 0.2) is 24.3 Å². The van der Waals surface area contributed by atoms with Crippen LogP contribution in [0.1, 0.15) is 50.5 Å². The van der Waals surface area contributed by atoms with Gasteiger partial charge >= 0.3 is 0 Å². The number of likely N-dealkylation sites (N-methyl/N-ethyl adjacent to an activating group) is 1. The molecule has 0 aromatic heterocycles. The zero-order valence-corrected chi connectivity index (χ0v) is 12.8. The Morgan fingerprint density at radius 3 is 2.47 bits per heavy atom. The second-order valence-electron chi connectivity index (χ2n) is 5.90. The van der Waals surface area contributed by atoms with E-state index in [9.17, 15) is 0 Å². The molecule has 1 unspecified atom stereocenters. The Balaban J connectivity index is 1.77. The maximum atomic E-state index is 5.93. The van der Waals surface area contributed by atoms with Gasteiger partial charge in [-0.3, -0.25) is 0 Å². The molecule has 0 saturated heterocycles. The molecule has 0 bridgehead atoms. The van der Waals surface area contributed by atoms with E-state index in [0.717, 1.165) is 17.4 Å². The van der Waals surface area contributed by atoms with Crippen molar-refractivity contribution in [2.24, 2.45) is 5.92 Å². The van der Waals surface area contributed by atoms with Crippen LogP contribution in [-0.2, 0) is 6.42 Å². The van der Waals surface area contributed by atoms with Crippen molar-refractivity contribution < 1.29 is 0 Å². The molecule has 0 spiro atoms. The molecule has 1 nitrogen and oxygen atoms in total. The molecule has 0 amide bonds.